The molecule has 0 saturated heterocycles. The third-order valence-corrected chi connectivity index (χ3v) is 2.77. The van der Waals surface area contributed by atoms with Gasteiger partial charge in [-0.05, 0) is 33.3 Å². The SMILES string of the molecule is Cc1ccc(CN(C(=O)C(C)N)C(C)C)cc1. The number of aryl methyl sites for hydroxylation is 1. The molecule has 1 aromatic carbocycles. The Bertz CT molecular complexity index is 368. The van der Waals surface area contributed by atoms with E-state index < -0.39 is 6.04 Å². The maximum absolute atomic E-state index is 12.0. The lowest BCUT2D eigenvalue weighted by Gasteiger charge is -2.28. The smallest absolute Gasteiger partial charge is 0.239 e. The Balaban J connectivity index is 2.80. The van der Waals surface area contributed by atoms with Crippen LogP contribution in [0.25, 0.3) is 0 Å². The standard InChI is InChI=1S/C14H22N2O/c1-10(2)16(14(17)12(4)15)9-13-7-5-11(3)6-8-13/h5-8,10,12H,9,15H2,1-4H3. The number of benzene rings is 1. The molecule has 0 aliphatic heterocycles. The summed E-state index contributed by atoms with van der Waals surface area (Å²) in [6, 6.07) is 7.95. The van der Waals surface area contributed by atoms with Crippen LogP contribution in [0, 0.1) is 6.92 Å². The molecule has 1 unspecified atom stereocenters. The number of rotatable bonds is 4. The Labute approximate surface area is 104 Å². The predicted octanol–water partition coefficient (Wildman–Crippen LogP) is 2.08. The van der Waals surface area contributed by atoms with Crippen LogP contribution in [0.4, 0.5) is 0 Å². The molecular weight excluding hydrogens is 212 g/mol. The molecule has 94 valence electrons. The van der Waals surface area contributed by atoms with Crippen molar-refractivity contribution in [3.63, 3.8) is 0 Å². The average Bonchev–Trinajstić information content (AvgIpc) is 2.26. The van der Waals surface area contributed by atoms with Crippen LogP contribution in [0.2, 0.25) is 0 Å². The Hall–Kier alpha value is -1.35. The van der Waals surface area contributed by atoms with Gasteiger partial charge in [0, 0.05) is 12.6 Å². The maximum atomic E-state index is 12.0. The lowest BCUT2D eigenvalue weighted by atomic mass is 10.1. The number of carbonyl (C=O) groups excluding carboxylic acids is 1. The fourth-order valence-electron chi connectivity index (χ4n) is 1.67. The molecular formula is C14H22N2O. The Morgan fingerprint density at radius 1 is 1.24 bits per heavy atom. The highest BCUT2D eigenvalue weighted by atomic mass is 16.2. The monoisotopic (exact) mass is 234 g/mol. The zero-order valence-corrected chi connectivity index (χ0v) is 11.1. The fourth-order valence-corrected chi connectivity index (χ4v) is 1.67. The maximum Gasteiger partial charge on any atom is 0.239 e. The van der Waals surface area contributed by atoms with Crippen LogP contribution < -0.4 is 5.73 Å². The second-order valence-corrected chi connectivity index (χ2v) is 4.83. The molecule has 17 heavy (non-hydrogen) atoms. The van der Waals surface area contributed by atoms with Crippen molar-refractivity contribution in [2.75, 3.05) is 0 Å². The minimum Gasteiger partial charge on any atom is -0.335 e. The van der Waals surface area contributed by atoms with Crippen molar-refractivity contribution in [3.8, 4) is 0 Å². The van der Waals surface area contributed by atoms with E-state index in [1.165, 1.54) is 5.56 Å². The molecule has 1 amide bonds. The Morgan fingerprint density at radius 3 is 2.18 bits per heavy atom. The predicted molar refractivity (Wildman–Crippen MR) is 70.5 cm³/mol. The van der Waals surface area contributed by atoms with Gasteiger partial charge in [-0.1, -0.05) is 29.8 Å². The van der Waals surface area contributed by atoms with Crippen molar-refractivity contribution < 1.29 is 4.79 Å². The molecule has 1 aromatic rings. The quantitative estimate of drug-likeness (QED) is 0.867. The highest BCUT2D eigenvalue weighted by Crippen LogP contribution is 2.10. The molecule has 0 heterocycles. The van der Waals surface area contributed by atoms with E-state index in [2.05, 4.69) is 31.2 Å². The molecule has 0 bridgehead atoms. The molecule has 0 fully saturated rings. The summed E-state index contributed by atoms with van der Waals surface area (Å²) in [7, 11) is 0. The van der Waals surface area contributed by atoms with Gasteiger partial charge in [0.15, 0.2) is 0 Å². The first-order valence-corrected chi connectivity index (χ1v) is 6.03. The molecule has 0 aliphatic carbocycles. The third kappa shape index (κ3) is 3.86. The highest BCUT2D eigenvalue weighted by Gasteiger charge is 2.20. The molecule has 1 atom stereocenters. The molecule has 2 N–H and O–H groups in total. The van der Waals surface area contributed by atoms with Gasteiger partial charge in [0.2, 0.25) is 5.91 Å². The van der Waals surface area contributed by atoms with Crippen molar-refractivity contribution >= 4 is 5.91 Å². The average molecular weight is 234 g/mol. The van der Waals surface area contributed by atoms with E-state index in [-0.39, 0.29) is 11.9 Å². The van der Waals surface area contributed by atoms with E-state index in [1.807, 2.05) is 18.7 Å². The summed E-state index contributed by atoms with van der Waals surface area (Å²) in [6.45, 7) is 8.42. The molecule has 0 aromatic heterocycles. The molecule has 0 saturated carbocycles. The van der Waals surface area contributed by atoms with Gasteiger partial charge >= 0.3 is 0 Å². The number of nitrogens with zero attached hydrogens (tertiary/aromatic N) is 1. The lowest BCUT2D eigenvalue weighted by Crippen LogP contribution is -2.45. The van der Waals surface area contributed by atoms with Crippen LogP contribution >= 0.6 is 0 Å². The Morgan fingerprint density at radius 2 is 1.76 bits per heavy atom. The van der Waals surface area contributed by atoms with Crippen LogP contribution in [0.15, 0.2) is 24.3 Å². The summed E-state index contributed by atoms with van der Waals surface area (Å²) >= 11 is 0. The third-order valence-electron chi connectivity index (χ3n) is 2.77. The van der Waals surface area contributed by atoms with Crippen molar-refractivity contribution in [1.82, 2.24) is 4.90 Å². The van der Waals surface area contributed by atoms with E-state index >= 15 is 0 Å². The molecule has 3 nitrogen and oxygen atoms in total. The summed E-state index contributed by atoms with van der Waals surface area (Å²) < 4.78 is 0. The second-order valence-electron chi connectivity index (χ2n) is 4.83. The molecule has 0 spiro atoms. The second kappa shape index (κ2) is 5.82. The van der Waals surface area contributed by atoms with Gasteiger partial charge in [0.1, 0.15) is 0 Å². The minimum absolute atomic E-state index is 0.000532. The van der Waals surface area contributed by atoms with E-state index in [9.17, 15) is 4.79 Å². The van der Waals surface area contributed by atoms with Crippen LogP contribution in [0.1, 0.15) is 31.9 Å². The minimum atomic E-state index is -0.442. The van der Waals surface area contributed by atoms with Gasteiger partial charge in [0.25, 0.3) is 0 Å². The van der Waals surface area contributed by atoms with Gasteiger partial charge in [-0.15, -0.1) is 0 Å². The van der Waals surface area contributed by atoms with Crippen molar-refractivity contribution in [2.24, 2.45) is 5.73 Å². The molecule has 0 radical (unpaired) electrons. The number of amides is 1. The first-order chi connectivity index (χ1) is 7.91. The zero-order chi connectivity index (χ0) is 13.0. The van der Waals surface area contributed by atoms with Gasteiger partial charge in [-0.3, -0.25) is 4.79 Å². The van der Waals surface area contributed by atoms with Crippen molar-refractivity contribution in [1.29, 1.82) is 0 Å². The van der Waals surface area contributed by atoms with Gasteiger partial charge in [0.05, 0.1) is 6.04 Å². The fraction of sp³-hybridized carbons (Fsp3) is 0.500. The summed E-state index contributed by atoms with van der Waals surface area (Å²) in [6.07, 6.45) is 0. The van der Waals surface area contributed by atoms with E-state index in [4.69, 9.17) is 5.73 Å². The Kier molecular flexibility index (Phi) is 4.70. The molecule has 1 rings (SSSR count). The summed E-state index contributed by atoms with van der Waals surface area (Å²) in [5, 5.41) is 0. The highest BCUT2D eigenvalue weighted by molar-refractivity contribution is 5.81. The van der Waals surface area contributed by atoms with Crippen LogP contribution in [-0.2, 0) is 11.3 Å². The van der Waals surface area contributed by atoms with Crippen molar-refractivity contribution in [3.05, 3.63) is 35.4 Å². The van der Waals surface area contributed by atoms with Gasteiger partial charge in [-0.25, -0.2) is 0 Å². The zero-order valence-electron chi connectivity index (χ0n) is 11.1. The van der Waals surface area contributed by atoms with Crippen molar-refractivity contribution in [2.45, 2.75) is 46.3 Å². The number of nitrogens with two attached hydrogens (primary N) is 1. The normalized spacial score (nSPS) is 12.6. The molecule has 0 aliphatic rings. The first kappa shape index (κ1) is 13.7. The van der Waals surface area contributed by atoms with Crippen LogP contribution in [0.5, 0.6) is 0 Å². The topological polar surface area (TPSA) is 46.3 Å². The first-order valence-electron chi connectivity index (χ1n) is 6.03. The number of hydrogen-bond donors (Lipinski definition) is 1. The van der Waals surface area contributed by atoms with E-state index in [0.29, 0.717) is 6.54 Å². The summed E-state index contributed by atoms with van der Waals surface area (Å²) in [5.41, 5.74) is 8.02. The van der Waals surface area contributed by atoms with Crippen LogP contribution in [0.3, 0.4) is 0 Å². The van der Waals surface area contributed by atoms with E-state index in [0.717, 1.165) is 5.56 Å². The summed E-state index contributed by atoms with van der Waals surface area (Å²) in [5.74, 6) is 0.000532. The van der Waals surface area contributed by atoms with Gasteiger partial charge in [-0.2, -0.15) is 0 Å². The largest absolute Gasteiger partial charge is 0.335 e. The van der Waals surface area contributed by atoms with Gasteiger partial charge < -0.3 is 10.6 Å². The lowest BCUT2D eigenvalue weighted by molar-refractivity contribution is -0.134. The number of hydrogen-bond acceptors (Lipinski definition) is 2. The molecule has 3 heteroatoms. The van der Waals surface area contributed by atoms with Crippen LogP contribution in [-0.4, -0.2) is 22.9 Å². The van der Waals surface area contributed by atoms with E-state index in [1.54, 1.807) is 6.92 Å². The summed E-state index contributed by atoms with van der Waals surface area (Å²) in [4.78, 5) is 13.8. The number of carbonyl (C=O) groups is 1.